The molecule has 1 aromatic heterocycles. The Kier molecular flexibility index (Phi) is 4.77. The van der Waals surface area contributed by atoms with Gasteiger partial charge in [0.1, 0.15) is 5.82 Å². The Morgan fingerprint density at radius 2 is 2.11 bits per heavy atom. The van der Waals surface area contributed by atoms with Gasteiger partial charge in [0.05, 0.1) is 5.56 Å². The Labute approximate surface area is 115 Å². The zero-order chi connectivity index (χ0) is 13.7. The Balaban J connectivity index is 2.01. The second-order valence-electron chi connectivity index (χ2n) is 5.17. The van der Waals surface area contributed by atoms with E-state index in [4.69, 9.17) is 0 Å². The lowest BCUT2D eigenvalue weighted by molar-refractivity contribution is 0.0696. The van der Waals surface area contributed by atoms with Gasteiger partial charge in [-0.3, -0.25) is 4.79 Å². The molecule has 19 heavy (non-hydrogen) atoms. The van der Waals surface area contributed by atoms with Crippen molar-refractivity contribution >= 4 is 11.7 Å². The third kappa shape index (κ3) is 3.46. The number of pyridine rings is 1. The minimum Gasteiger partial charge on any atom is -0.370 e. The summed E-state index contributed by atoms with van der Waals surface area (Å²) in [5.41, 5.74) is 0.676. The van der Waals surface area contributed by atoms with Crippen molar-refractivity contribution in [2.24, 2.45) is 0 Å². The summed E-state index contributed by atoms with van der Waals surface area (Å²) in [5.74, 6) is 0.904. The Hall–Kier alpha value is -1.58. The van der Waals surface area contributed by atoms with Crippen LogP contribution < -0.4 is 5.32 Å². The highest BCUT2D eigenvalue weighted by Crippen LogP contribution is 2.22. The first kappa shape index (κ1) is 13.8. The summed E-state index contributed by atoms with van der Waals surface area (Å²) in [6.07, 6.45) is 7.70. The molecule has 1 amide bonds. The quantitative estimate of drug-likeness (QED) is 0.906. The van der Waals surface area contributed by atoms with E-state index in [0.29, 0.717) is 11.6 Å². The summed E-state index contributed by atoms with van der Waals surface area (Å²) in [4.78, 5) is 18.5. The molecule has 0 atom stereocenters. The fraction of sp³-hybridized carbons (Fsp3) is 0.600. The monoisotopic (exact) mass is 261 g/mol. The summed E-state index contributed by atoms with van der Waals surface area (Å²) in [7, 11) is 1.91. The van der Waals surface area contributed by atoms with Gasteiger partial charge >= 0.3 is 0 Å². The van der Waals surface area contributed by atoms with Gasteiger partial charge in [-0.25, -0.2) is 4.98 Å². The molecule has 0 unspecified atom stereocenters. The van der Waals surface area contributed by atoms with E-state index in [0.717, 1.165) is 25.2 Å². The Bertz CT molecular complexity index is 410. The van der Waals surface area contributed by atoms with Crippen molar-refractivity contribution in [3.8, 4) is 0 Å². The van der Waals surface area contributed by atoms with Gasteiger partial charge in [-0.15, -0.1) is 0 Å². The number of aromatic nitrogens is 1. The number of hydrogen-bond acceptors (Lipinski definition) is 3. The molecule has 1 N–H and O–H groups in total. The molecule has 4 heteroatoms. The highest BCUT2D eigenvalue weighted by atomic mass is 16.2. The standard InChI is InChI=1S/C15H23N3O/c1-3-16-14-10-9-12(11-17-14)15(19)18(2)13-7-5-4-6-8-13/h9-11,13H,3-8H2,1-2H3,(H,16,17). The van der Waals surface area contributed by atoms with Gasteiger partial charge in [-0.1, -0.05) is 19.3 Å². The van der Waals surface area contributed by atoms with Gasteiger partial charge in [0.25, 0.3) is 5.91 Å². The first-order valence-corrected chi connectivity index (χ1v) is 7.19. The van der Waals surface area contributed by atoms with Crippen LogP contribution in [0.1, 0.15) is 49.4 Å². The van der Waals surface area contributed by atoms with Crippen molar-refractivity contribution in [1.82, 2.24) is 9.88 Å². The lowest BCUT2D eigenvalue weighted by atomic mass is 9.94. The third-order valence-corrected chi connectivity index (χ3v) is 3.81. The zero-order valence-electron chi connectivity index (χ0n) is 11.9. The third-order valence-electron chi connectivity index (χ3n) is 3.81. The maximum Gasteiger partial charge on any atom is 0.255 e. The molecule has 0 radical (unpaired) electrons. The molecule has 1 saturated carbocycles. The molecule has 1 heterocycles. The van der Waals surface area contributed by atoms with Crippen molar-refractivity contribution in [2.45, 2.75) is 45.1 Å². The topological polar surface area (TPSA) is 45.2 Å². The Morgan fingerprint density at radius 1 is 1.37 bits per heavy atom. The average Bonchev–Trinajstić information content (AvgIpc) is 2.48. The maximum atomic E-state index is 12.4. The molecule has 104 valence electrons. The molecule has 0 aromatic carbocycles. The minimum atomic E-state index is 0.0856. The molecule has 2 rings (SSSR count). The van der Waals surface area contributed by atoms with E-state index in [1.165, 1.54) is 19.3 Å². The summed E-state index contributed by atoms with van der Waals surface area (Å²) in [6, 6.07) is 4.12. The highest BCUT2D eigenvalue weighted by molar-refractivity contribution is 5.94. The van der Waals surface area contributed by atoms with E-state index in [1.54, 1.807) is 6.20 Å². The summed E-state index contributed by atoms with van der Waals surface area (Å²) in [6.45, 7) is 2.86. The molecule has 0 saturated heterocycles. The van der Waals surface area contributed by atoms with E-state index in [1.807, 2.05) is 31.0 Å². The molecule has 1 aliphatic carbocycles. The molecule has 4 nitrogen and oxygen atoms in total. The first-order valence-electron chi connectivity index (χ1n) is 7.19. The second-order valence-corrected chi connectivity index (χ2v) is 5.17. The maximum absolute atomic E-state index is 12.4. The van der Waals surface area contributed by atoms with Gasteiger partial charge in [-0.05, 0) is 31.9 Å². The fourth-order valence-electron chi connectivity index (χ4n) is 2.64. The van der Waals surface area contributed by atoms with Crippen LogP contribution in [0.5, 0.6) is 0 Å². The van der Waals surface area contributed by atoms with Crippen molar-refractivity contribution < 1.29 is 4.79 Å². The van der Waals surface area contributed by atoms with E-state index < -0.39 is 0 Å². The van der Waals surface area contributed by atoms with E-state index in [2.05, 4.69) is 10.3 Å². The van der Waals surface area contributed by atoms with E-state index >= 15 is 0 Å². The summed E-state index contributed by atoms with van der Waals surface area (Å²) >= 11 is 0. The van der Waals surface area contributed by atoms with Crippen molar-refractivity contribution in [2.75, 3.05) is 18.9 Å². The van der Waals surface area contributed by atoms with Gasteiger partial charge in [0.15, 0.2) is 0 Å². The number of hydrogen-bond donors (Lipinski definition) is 1. The predicted octanol–water partition coefficient (Wildman–Crippen LogP) is 2.92. The highest BCUT2D eigenvalue weighted by Gasteiger charge is 2.22. The second kappa shape index (κ2) is 6.55. The molecule has 1 fully saturated rings. The Morgan fingerprint density at radius 3 is 2.68 bits per heavy atom. The van der Waals surface area contributed by atoms with Crippen LogP contribution in [0.25, 0.3) is 0 Å². The van der Waals surface area contributed by atoms with Gasteiger partial charge in [0, 0.05) is 25.8 Å². The lowest BCUT2D eigenvalue weighted by Gasteiger charge is -2.31. The van der Waals surface area contributed by atoms with Gasteiger partial charge < -0.3 is 10.2 Å². The number of carbonyl (C=O) groups is 1. The van der Waals surface area contributed by atoms with Crippen molar-refractivity contribution in [3.63, 3.8) is 0 Å². The lowest BCUT2D eigenvalue weighted by Crippen LogP contribution is -2.38. The number of nitrogens with zero attached hydrogens (tertiary/aromatic N) is 2. The van der Waals surface area contributed by atoms with Crippen LogP contribution in [0.15, 0.2) is 18.3 Å². The van der Waals surface area contributed by atoms with Crippen molar-refractivity contribution in [3.05, 3.63) is 23.9 Å². The largest absolute Gasteiger partial charge is 0.370 e. The van der Waals surface area contributed by atoms with E-state index in [9.17, 15) is 4.79 Å². The van der Waals surface area contributed by atoms with Crippen LogP contribution >= 0.6 is 0 Å². The molecule has 1 aromatic rings. The van der Waals surface area contributed by atoms with E-state index in [-0.39, 0.29) is 5.91 Å². The normalized spacial score (nSPS) is 16.1. The predicted molar refractivity (Wildman–Crippen MR) is 77.4 cm³/mol. The number of anilines is 1. The van der Waals surface area contributed by atoms with Gasteiger partial charge in [0.2, 0.25) is 0 Å². The van der Waals surface area contributed by atoms with Crippen molar-refractivity contribution in [1.29, 1.82) is 0 Å². The number of carbonyl (C=O) groups excluding carboxylic acids is 1. The van der Waals surface area contributed by atoms with Crippen LogP contribution in [-0.4, -0.2) is 35.4 Å². The first-order chi connectivity index (χ1) is 9.22. The SMILES string of the molecule is CCNc1ccc(C(=O)N(C)C2CCCCC2)cn1. The molecule has 0 spiro atoms. The number of nitrogens with one attached hydrogen (secondary N) is 1. The number of rotatable bonds is 4. The summed E-state index contributed by atoms with van der Waals surface area (Å²) in [5, 5.41) is 3.13. The van der Waals surface area contributed by atoms with Crippen LogP contribution in [0.3, 0.4) is 0 Å². The molecular formula is C15H23N3O. The van der Waals surface area contributed by atoms with Crippen LogP contribution in [-0.2, 0) is 0 Å². The fourth-order valence-corrected chi connectivity index (χ4v) is 2.64. The number of amides is 1. The van der Waals surface area contributed by atoms with Crippen LogP contribution in [0.2, 0.25) is 0 Å². The molecular weight excluding hydrogens is 238 g/mol. The molecule has 1 aliphatic rings. The molecule has 0 bridgehead atoms. The smallest absolute Gasteiger partial charge is 0.255 e. The van der Waals surface area contributed by atoms with Crippen LogP contribution in [0, 0.1) is 0 Å². The minimum absolute atomic E-state index is 0.0856. The summed E-state index contributed by atoms with van der Waals surface area (Å²) < 4.78 is 0. The zero-order valence-corrected chi connectivity index (χ0v) is 11.9. The van der Waals surface area contributed by atoms with Gasteiger partial charge in [-0.2, -0.15) is 0 Å². The molecule has 0 aliphatic heterocycles. The average molecular weight is 261 g/mol. The van der Waals surface area contributed by atoms with Crippen LogP contribution in [0.4, 0.5) is 5.82 Å².